The first-order valence-corrected chi connectivity index (χ1v) is 8.20. The van der Waals surface area contributed by atoms with E-state index in [1.54, 1.807) is 6.20 Å². The number of carbonyl (C=O) groups excluding carboxylic acids is 2. The van der Waals surface area contributed by atoms with Gasteiger partial charge < -0.3 is 10.6 Å². The molecule has 1 aromatic heterocycles. The van der Waals surface area contributed by atoms with E-state index in [1.165, 1.54) is 0 Å². The van der Waals surface area contributed by atoms with Gasteiger partial charge in [0.15, 0.2) is 0 Å². The van der Waals surface area contributed by atoms with Gasteiger partial charge in [-0.3, -0.25) is 15.0 Å². The zero-order valence-electron chi connectivity index (χ0n) is 13.8. The van der Waals surface area contributed by atoms with Gasteiger partial charge in [-0.2, -0.15) is 0 Å². The largest absolute Gasteiger partial charge is 0.354 e. The van der Waals surface area contributed by atoms with Crippen LogP contribution in [0.2, 0.25) is 0 Å². The fourth-order valence-electron chi connectivity index (χ4n) is 3.10. The second-order valence-electron chi connectivity index (χ2n) is 5.88. The number of nitrogens with one attached hydrogen (secondary N) is 1. The van der Waals surface area contributed by atoms with Crippen LogP contribution in [0, 0.1) is 0 Å². The van der Waals surface area contributed by atoms with Crippen molar-refractivity contribution in [3.8, 4) is 0 Å². The molecule has 7 heteroatoms. The quantitative estimate of drug-likeness (QED) is 0.871. The molecule has 130 valence electrons. The molecule has 2 heterocycles. The SMILES string of the molecule is NC(=O)NC(=O)[C@@H](c1ccccc1)N1CCN(c2ccccn2)CC1. The van der Waals surface area contributed by atoms with Gasteiger partial charge in [0.1, 0.15) is 11.9 Å². The molecule has 0 radical (unpaired) electrons. The fraction of sp³-hybridized carbons (Fsp3) is 0.278. The van der Waals surface area contributed by atoms with Crippen molar-refractivity contribution in [3.63, 3.8) is 0 Å². The van der Waals surface area contributed by atoms with Crippen LogP contribution in [0.25, 0.3) is 0 Å². The van der Waals surface area contributed by atoms with E-state index in [2.05, 4.69) is 20.1 Å². The number of aromatic nitrogens is 1. The van der Waals surface area contributed by atoms with Gasteiger partial charge in [-0.05, 0) is 17.7 Å². The number of anilines is 1. The summed E-state index contributed by atoms with van der Waals surface area (Å²) >= 11 is 0. The monoisotopic (exact) mass is 339 g/mol. The Morgan fingerprint density at radius 2 is 1.68 bits per heavy atom. The van der Waals surface area contributed by atoms with Crippen molar-refractivity contribution in [2.24, 2.45) is 5.73 Å². The molecule has 1 fully saturated rings. The molecule has 2 aromatic rings. The molecule has 0 spiro atoms. The maximum absolute atomic E-state index is 12.5. The van der Waals surface area contributed by atoms with E-state index in [0.29, 0.717) is 13.1 Å². The summed E-state index contributed by atoms with van der Waals surface area (Å²) in [5.74, 6) is 0.532. The molecule has 0 unspecified atom stereocenters. The highest BCUT2D eigenvalue weighted by Gasteiger charge is 2.31. The summed E-state index contributed by atoms with van der Waals surface area (Å²) in [6.45, 7) is 2.87. The minimum absolute atomic E-state index is 0.398. The summed E-state index contributed by atoms with van der Waals surface area (Å²) in [6.07, 6.45) is 1.77. The number of urea groups is 1. The highest BCUT2D eigenvalue weighted by molar-refractivity contribution is 5.96. The zero-order valence-corrected chi connectivity index (χ0v) is 13.8. The molecule has 1 atom stereocenters. The Kier molecular flexibility index (Phi) is 5.25. The Bertz CT molecular complexity index is 715. The molecule has 0 aliphatic carbocycles. The van der Waals surface area contributed by atoms with Crippen molar-refractivity contribution in [2.45, 2.75) is 6.04 Å². The molecule has 1 saturated heterocycles. The minimum Gasteiger partial charge on any atom is -0.354 e. The summed E-state index contributed by atoms with van der Waals surface area (Å²) in [4.78, 5) is 32.3. The van der Waals surface area contributed by atoms with Gasteiger partial charge in [0.25, 0.3) is 0 Å². The van der Waals surface area contributed by atoms with E-state index in [4.69, 9.17) is 5.73 Å². The number of imide groups is 1. The topological polar surface area (TPSA) is 91.6 Å². The number of hydrogen-bond donors (Lipinski definition) is 2. The number of rotatable bonds is 4. The maximum atomic E-state index is 12.5. The summed E-state index contributed by atoms with van der Waals surface area (Å²) in [6, 6.07) is 13.9. The molecule has 3 N–H and O–H groups in total. The van der Waals surface area contributed by atoms with Gasteiger partial charge in [0, 0.05) is 32.4 Å². The second-order valence-corrected chi connectivity index (χ2v) is 5.88. The standard InChI is InChI=1S/C18H21N5O2/c19-18(25)21-17(24)16(14-6-2-1-3-7-14)23-12-10-22(11-13-23)15-8-4-5-9-20-15/h1-9,16H,10-13H2,(H3,19,21,24,25)/t16-/m1/s1. The van der Waals surface area contributed by atoms with Crippen LogP contribution in [0.5, 0.6) is 0 Å². The molecule has 7 nitrogen and oxygen atoms in total. The van der Waals surface area contributed by atoms with E-state index in [-0.39, 0.29) is 0 Å². The van der Waals surface area contributed by atoms with E-state index < -0.39 is 18.0 Å². The highest BCUT2D eigenvalue weighted by Crippen LogP contribution is 2.23. The number of nitrogens with two attached hydrogens (primary N) is 1. The Morgan fingerprint density at radius 3 is 2.28 bits per heavy atom. The summed E-state index contributed by atoms with van der Waals surface area (Å²) in [5, 5.41) is 2.21. The van der Waals surface area contributed by atoms with E-state index in [0.717, 1.165) is 24.5 Å². The van der Waals surface area contributed by atoms with Crippen molar-refractivity contribution >= 4 is 17.8 Å². The summed E-state index contributed by atoms with van der Waals surface area (Å²) < 4.78 is 0. The van der Waals surface area contributed by atoms with Gasteiger partial charge >= 0.3 is 6.03 Å². The zero-order chi connectivity index (χ0) is 17.6. The molecular weight excluding hydrogens is 318 g/mol. The number of pyridine rings is 1. The number of carbonyl (C=O) groups is 2. The van der Waals surface area contributed by atoms with Gasteiger partial charge in [0.2, 0.25) is 5.91 Å². The summed E-state index contributed by atoms with van der Waals surface area (Å²) in [7, 11) is 0. The van der Waals surface area contributed by atoms with Crippen LogP contribution in [-0.2, 0) is 4.79 Å². The van der Waals surface area contributed by atoms with Gasteiger partial charge in [-0.1, -0.05) is 36.4 Å². The average Bonchev–Trinajstić information content (AvgIpc) is 2.63. The van der Waals surface area contributed by atoms with Crippen LogP contribution in [0.3, 0.4) is 0 Å². The van der Waals surface area contributed by atoms with Crippen molar-refractivity contribution in [1.82, 2.24) is 15.2 Å². The van der Waals surface area contributed by atoms with Gasteiger partial charge in [-0.15, -0.1) is 0 Å². The number of amides is 3. The Morgan fingerprint density at radius 1 is 1.00 bits per heavy atom. The third-order valence-electron chi connectivity index (χ3n) is 4.26. The van der Waals surface area contributed by atoms with E-state index in [1.807, 2.05) is 48.5 Å². The Balaban J connectivity index is 1.74. The molecule has 25 heavy (non-hydrogen) atoms. The first-order chi connectivity index (χ1) is 12.1. The van der Waals surface area contributed by atoms with Crippen molar-refractivity contribution in [1.29, 1.82) is 0 Å². The van der Waals surface area contributed by atoms with Crippen molar-refractivity contribution in [3.05, 3.63) is 60.3 Å². The van der Waals surface area contributed by atoms with Crippen LogP contribution in [-0.4, -0.2) is 48.0 Å². The second kappa shape index (κ2) is 7.76. The number of benzene rings is 1. The lowest BCUT2D eigenvalue weighted by atomic mass is 10.0. The van der Waals surface area contributed by atoms with Crippen molar-refractivity contribution in [2.75, 3.05) is 31.1 Å². The normalized spacial score (nSPS) is 16.2. The number of hydrogen-bond acceptors (Lipinski definition) is 5. The predicted octanol–water partition coefficient (Wildman–Crippen LogP) is 1.14. The Hall–Kier alpha value is -2.93. The maximum Gasteiger partial charge on any atom is 0.318 e. The van der Waals surface area contributed by atoms with E-state index in [9.17, 15) is 9.59 Å². The van der Waals surface area contributed by atoms with Crippen LogP contribution < -0.4 is 16.0 Å². The molecule has 0 bridgehead atoms. The minimum atomic E-state index is -0.835. The molecule has 3 rings (SSSR count). The van der Waals surface area contributed by atoms with Crippen LogP contribution in [0.15, 0.2) is 54.7 Å². The number of primary amides is 1. The number of piperazine rings is 1. The van der Waals surface area contributed by atoms with E-state index >= 15 is 0 Å². The first-order valence-electron chi connectivity index (χ1n) is 8.20. The fourth-order valence-corrected chi connectivity index (χ4v) is 3.10. The van der Waals surface area contributed by atoms with Gasteiger partial charge in [0.05, 0.1) is 0 Å². The smallest absolute Gasteiger partial charge is 0.318 e. The van der Waals surface area contributed by atoms with Crippen molar-refractivity contribution < 1.29 is 9.59 Å². The van der Waals surface area contributed by atoms with Gasteiger partial charge in [-0.25, -0.2) is 9.78 Å². The lowest BCUT2D eigenvalue weighted by molar-refractivity contribution is -0.125. The molecular formula is C18H21N5O2. The first kappa shape index (κ1) is 16.9. The molecule has 1 aliphatic rings. The average molecular weight is 339 g/mol. The summed E-state index contributed by atoms with van der Waals surface area (Å²) in [5.41, 5.74) is 5.97. The number of nitrogens with zero attached hydrogens (tertiary/aromatic N) is 3. The molecule has 1 aromatic carbocycles. The Labute approximate surface area is 146 Å². The molecule has 1 aliphatic heterocycles. The van der Waals surface area contributed by atoms with Crippen LogP contribution in [0.1, 0.15) is 11.6 Å². The molecule has 3 amide bonds. The van der Waals surface area contributed by atoms with Crippen LogP contribution in [0.4, 0.5) is 10.6 Å². The lowest BCUT2D eigenvalue weighted by Crippen LogP contribution is -2.52. The lowest BCUT2D eigenvalue weighted by Gasteiger charge is -2.39. The van der Waals surface area contributed by atoms with Crippen LogP contribution >= 0.6 is 0 Å². The third-order valence-corrected chi connectivity index (χ3v) is 4.26. The highest BCUT2D eigenvalue weighted by atomic mass is 16.2. The molecule has 0 saturated carbocycles. The third kappa shape index (κ3) is 4.13. The predicted molar refractivity (Wildman–Crippen MR) is 94.9 cm³/mol.